The number of nitrogens with one attached hydrogen (secondary N) is 1. The maximum atomic E-state index is 11.7. The minimum Gasteiger partial charge on any atom is -0.469 e. The molecule has 7 nitrogen and oxygen atoms in total. The lowest BCUT2D eigenvalue weighted by Crippen LogP contribution is -2.43. The summed E-state index contributed by atoms with van der Waals surface area (Å²) in [5.41, 5.74) is 0. The number of nitrogens with zero attached hydrogens (tertiary/aromatic N) is 1. The van der Waals surface area contributed by atoms with E-state index in [1.54, 1.807) is 0 Å². The topological polar surface area (TPSA) is 84.9 Å². The molecule has 1 heterocycles. The Labute approximate surface area is 118 Å². The molecule has 1 aliphatic heterocycles. The predicted octanol–water partition coefficient (Wildman–Crippen LogP) is -0.307. The van der Waals surface area contributed by atoms with Gasteiger partial charge in [0.2, 0.25) is 5.91 Å². The van der Waals surface area contributed by atoms with Gasteiger partial charge in [0.15, 0.2) is 0 Å². The lowest BCUT2D eigenvalue weighted by molar-refractivity contribution is -0.146. The van der Waals surface area contributed by atoms with Gasteiger partial charge in [-0.25, -0.2) is 0 Å². The highest BCUT2D eigenvalue weighted by Crippen LogP contribution is 2.17. The van der Waals surface area contributed by atoms with E-state index in [0.717, 1.165) is 19.4 Å². The highest BCUT2D eigenvalue weighted by Gasteiger charge is 2.32. The number of rotatable bonds is 7. The smallest absolute Gasteiger partial charge is 0.323 e. The number of hydrogen-bond donors (Lipinski definition) is 1. The molecule has 1 rings (SSSR count). The highest BCUT2D eigenvalue weighted by atomic mass is 16.5. The average molecular weight is 286 g/mol. The Hall–Kier alpha value is -1.63. The number of carbonyl (C=O) groups excluding carboxylic acids is 3. The summed E-state index contributed by atoms with van der Waals surface area (Å²) in [6, 6.07) is -0.319. The fourth-order valence-electron chi connectivity index (χ4n) is 2.22. The number of likely N-dealkylation sites (tertiary alicyclic amines) is 1. The van der Waals surface area contributed by atoms with Crippen LogP contribution in [0, 0.1) is 0 Å². The minimum atomic E-state index is -0.319. The number of amides is 1. The standard InChI is InChI=1S/C13H22N2O5/c1-19-12(17)6-3-7-14-11(16)9-15-8-4-5-10(15)13(18)20-2/h10H,3-9H2,1-2H3,(H,14,16). The third-order valence-corrected chi connectivity index (χ3v) is 3.29. The molecule has 1 fully saturated rings. The summed E-state index contributed by atoms with van der Waals surface area (Å²) in [6.07, 6.45) is 2.43. The molecule has 0 aromatic rings. The van der Waals surface area contributed by atoms with Gasteiger partial charge in [-0.2, -0.15) is 0 Å². The van der Waals surface area contributed by atoms with Gasteiger partial charge in [0.25, 0.3) is 0 Å². The zero-order valence-electron chi connectivity index (χ0n) is 12.0. The molecular formula is C13H22N2O5. The van der Waals surface area contributed by atoms with E-state index in [9.17, 15) is 14.4 Å². The molecule has 1 saturated heterocycles. The first-order valence-corrected chi connectivity index (χ1v) is 6.74. The molecule has 0 aliphatic carbocycles. The van der Waals surface area contributed by atoms with Crippen molar-refractivity contribution in [3.63, 3.8) is 0 Å². The van der Waals surface area contributed by atoms with Crippen molar-refractivity contribution in [2.75, 3.05) is 33.9 Å². The Balaban J connectivity index is 2.24. The molecule has 0 aromatic carbocycles. The third-order valence-electron chi connectivity index (χ3n) is 3.29. The lowest BCUT2D eigenvalue weighted by atomic mass is 10.2. The van der Waals surface area contributed by atoms with Crippen molar-refractivity contribution < 1.29 is 23.9 Å². The second-order valence-corrected chi connectivity index (χ2v) is 4.68. The Morgan fingerprint density at radius 2 is 2.00 bits per heavy atom. The molecule has 0 saturated carbocycles. The van der Waals surface area contributed by atoms with Crippen molar-refractivity contribution in [1.29, 1.82) is 0 Å². The quantitative estimate of drug-likeness (QED) is 0.510. The normalized spacial score (nSPS) is 18.6. The van der Waals surface area contributed by atoms with E-state index in [0.29, 0.717) is 13.0 Å². The van der Waals surface area contributed by atoms with Gasteiger partial charge in [0, 0.05) is 13.0 Å². The molecule has 0 radical (unpaired) electrons. The summed E-state index contributed by atoms with van der Waals surface area (Å²) in [7, 11) is 2.69. The first-order valence-electron chi connectivity index (χ1n) is 6.74. The highest BCUT2D eigenvalue weighted by molar-refractivity contribution is 5.80. The zero-order valence-corrected chi connectivity index (χ0v) is 12.0. The molecule has 1 aliphatic rings. The molecule has 1 atom stereocenters. The first kappa shape index (κ1) is 16.4. The fraction of sp³-hybridized carbons (Fsp3) is 0.769. The molecule has 1 N–H and O–H groups in total. The molecule has 7 heteroatoms. The number of hydrogen-bond acceptors (Lipinski definition) is 6. The monoisotopic (exact) mass is 286 g/mol. The van der Waals surface area contributed by atoms with Crippen LogP contribution in [0.25, 0.3) is 0 Å². The predicted molar refractivity (Wildman–Crippen MR) is 70.9 cm³/mol. The first-order chi connectivity index (χ1) is 9.58. The maximum Gasteiger partial charge on any atom is 0.323 e. The molecule has 0 aromatic heterocycles. The fourth-order valence-corrected chi connectivity index (χ4v) is 2.22. The van der Waals surface area contributed by atoms with Crippen LogP contribution >= 0.6 is 0 Å². The SMILES string of the molecule is COC(=O)CCCNC(=O)CN1CCCC1C(=O)OC. The van der Waals surface area contributed by atoms with Gasteiger partial charge in [0.1, 0.15) is 6.04 Å². The summed E-state index contributed by atoms with van der Waals surface area (Å²) in [5, 5.41) is 2.73. The summed E-state index contributed by atoms with van der Waals surface area (Å²) >= 11 is 0. The minimum absolute atomic E-state index is 0.148. The van der Waals surface area contributed by atoms with Gasteiger partial charge in [-0.05, 0) is 25.8 Å². The van der Waals surface area contributed by atoms with Crippen LogP contribution in [0.15, 0.2) is 0 Å². The molecule has 114 valence electrons. The van der Waals surface area contributed by atoms with Gasteiger partial charge in [-0.3, -0.25) is 19.3 Å². The van der Waals surface area contributed by atoms with Crippen molar-refractivity contribution in [3.05, 3.63) is 0 Å². The lowest BCUT2D eigenvalue weighted by Gasteiger charge is -2.21. The van der Waals surface area contributed by atoms with Crippen molar-refractivity contribution in [1.82, 2.24) is 10.2 Å². The van der Waals surface area contributed by atoms with Crippen molar-refractivity contribution in [3.8, 4) is 0 Å². The van der Waals surface area contributed by atoms with E-state index >= 15 is 0 Å². The molecule has 20 heavy (non-hydrogen) atoms. The van der Waals surface area contributed by atoms with Crippen LogP contribution in [0.1, 0.15) is 25.7 Å². The largest absolute Gasteiger partial charge is 0.469 e. The molecule has 1 amide bonds. The zero-order chi connectivity index (χ0) is 15.0. The van der Waals surface area contributed by atoms with Gasteiger partial charge in [-0.1, -0.05) is 0 Å². The third kappa shape index (κ3) is 5.16. The molecular weight excluding hydrogens is 264 g/mol. The van der Waals surface area contributed by atoms with Crippen molar-refractivity contribution >= 4 is 17.8 Å². The van der Waals surface area contributed by atoms with E-state index < -0.39 is 0 Å². The van der Waals surface area contributed by atoms with Crippen molar-refractivity contribution in [2.45, 2.75) is 31.7 Å². The van der Waals surface area contributed by atoms with Crippen molar-refractivity contribution in [2.24, 2.45) is 0 Å². The van der Waals surface area contributed by atoms with Crippen LogP contribution in [0.2, 0.25) is 0 Å². The average Bonchev–Trinajstić information content (AvgIpc) is 2.90. The Kier molecular flexibility index (Phi) is 7.00. The van der Waals surface area contributed by atoms with Crippen LogP contribution in [0.5, 0.6) is 0 Å². The van der Waals surface area contributed by atoms with Crippen LogP contribution in [0.3, 0.4) is 0 Å². The summed E-state index contributed by atoms with van der Waals surface area (Å²) < 4.78 is 9.23. The second-order valence-electron chi connectivity index (χ2n) is 4.68. The molecule has 1 unspecified atom stereocenters. The summed E-state index contributed by atoms with van der Waals surface area (Å²) in [4.78, 5) is 36.0. The van der Waals surface area contributed by atoms with E-state index in [4.69, 9.17) is 4.74 Å². The van der Waals surface area contributed by atoms with Gasteiger partial charge >= 0.3 is 11.9 Å². The molecule has 0 spiro atoms. The van der Waals surface area contributed by atoms with E-state index in [1.807, 2.05) is 4.90 Å². The summed E-state index contributed by atoms with van der Waals surface area (Å²) in [6.45, 7) is 1.32. The van der Waals surface area contributed by atoms with Gasteiger partial charge in [0.05, 0.1) is 20.8 Å². The van der Waals surface area contributed by atoms with Gasteiger partial charge < -0.3 is 14.8 Å². The van der Waals surface area contributed by atoms with Gasteiger partial charge in [-0.15, -0.1) is 0 Å². The Bertz CT molecular complexity index is 359. The van der Waals surface area contributed by atoms with E-state index in [-0.39, 0.29) is 36.9 Å². The van der Waals surface area contributed by atoms with Crippen LogP contribution < -0.4 is 5.32 Å². The number of ether oxygens (including phenoxy) is 2. The number of esters is 2. The van der Waals surface area contributed by atoms with E-state index in [1.165, 1.54) is 14.2 Å². The summed E-state index contributed by atoms with van der Waals surface area (Å²) in [5.74, 6) is -0.726. The number of carbonyl (C=O) groups is 3. The second kappa shape index (κ2) is 8.52. The Morgan fingerprint density at radius 1 is 1.25 bits per heavy atom. The molecule has 0 bridgehead atoms. The van der Waals surface area contributed by atoms with Crippen LogP contribution in [-0.2, 0) is 23.9 Å². The van der Waals surface area contributed by atoms with Crippen LogP contribution in [-0.4, -0.2) is 62.6 Å². The van der Waals surface area contributed by atoms with E-state index in [2.05, 4.69) is 10.1 Å². The Morgan fingerprint density at radius 3 is 2.65 bits per heavy atom. The number of methoxy groups -OCH3 is 2. The van der Waals surface area contributed by atoms with Crippen LogP contribution in [0.4, 0.5) is 0 Å². The maximum absolute atomic E-state index is 11.7.